The highest BCUT2D eigenvalue weighted by atomic mass is 16.5. The molecule has 1 spiro atoms. The predicted molar refractivity (Wildman–Crippen MR) is 95.5 cm³/mol. The second kappa shape index (κ2) is 7.39. The van der Waals surface area contributed by atoms with Crippen LogP contribution in [0.15, 0.2) is 17.1 Å². The van der Waals surface area contributed by atoms with Crippen LogP contribution in [0.1, 0.15) is 18.4 Å². The van der Waals surface area contributed by atoms with Crippen molar-refractivity contribution < 1.29 is 19.3 Å². The van der Waals surface area contributed by atoms with E-state index in [2.05, 4.69) is 15.2 Å². The Labute approximate surface area is 148 Å². The topological polar surface area (TPSA) is 75.6 Å². The SMILES string of the molecule is CN=C(NCc1cc(OC)c(O)c(OC)c1)N1CCC2(CCOC2)C1. The number of ether oxygens (including phenoxy) is 3. The summed E-state index contributed by atoms with van der Waals surface area (Å²) in [5.41, 5.74) is 1.24. The Kier molecular flexibility index (Phi) is 5.22. The fraction of sp³-hybridized carbons (Fsp3) is 0.611. The van der Waals surface area contributed by atoms with Crippen molar-refractivity contribution in [2.45, 2.75) is 19.4 Å². The van der Waals surface area contributed by atoms with Crippen LogP contribution in [0.3, 0.4) is 0 Å². The van der Waals surface area contributed by atoms with Crippen LogP contribution in [0.5, 0.6) is 17.2 Å². The third kappa shape index (κ3) is 3.61. The molecule has 2 aliphatic rings. The molecule has 1 aromatic rings. The molecule has 25 heavy (non-hydrogen) atoms. The van der Waals surface area contributed by atoms with Crippen LogP contribution in [0, 0.1) is 5.41 Å². The van der Waals surface area contributed by atoms with Crippen molar-refractivity contribution in [3.8, 4) is 17.2 Å². The Hall–Kier alpha value is -2.15. The van der Waals surface area contributed by atoms with Crippen molar-refractivity contribution >= 4 is 5.96 Å². The van der Waals surface area contributed by atoms with Gasteiger partial charge in [0.15, 0.2) is 17.5 Å². The Balaban J connectivity index is 1.66. The molecular formula is C18H27N3O4. The zero-order chi connectivity index (χ0) is 17.9. The van der Waals surface area contributed by atoms with E-state index >= 15 is 0 Å². The molecule has 0 radical (unpaired) electrons. The van der Waals surface area contributed by atoms with Gasteiger partial charge in [0.05, 0.1) is 20.8 Å². The molecule has 1 aromatic carbocycles. The van der Waals surface area contributed by atoms with Gasteiger partial charge in [-0.2, -0.15) is 0 Å². The van der Waals surface area contributed by atoms with Gasteiger partial charge in [0.25, 0.3) is 0 Å². The van der Waals surface area contributed by atoms with Crippen LogP contribution in [-0.2, 0) is 11.3 Å². The third-order valence-electron chi connectivity index (χ3n) is 5.12. The van der Waals surface area contributed by atoms with Crippen LogP contribution >= 0.6 is 0 Å². The number of hydrogen-bond donors (Lipinski definition) is 2. The number of likely N-dealkylation sites (tertiary alicyclic amines) is 1. The van der Waals surface area contributed by atoms with Crippen LogP contribution in [0.2, 0.25) is 0 Å². The summed E-state index contributed by atoms with van der Waals surface area (Å²) < 4.78 is 16.0. The minimum atomic E-state index is 0.0147. The molecule has 0 saturated carbocycles. The smallest absolute Gasteiger partial charge is 0.200 e. The van der Waals surface area contributed by atoms with Crippen LogP contribution < -0.4 is 14.8 Å². The summed E-state index contributed by atoms with van der Waals surface area (Å²) in [6, 6.07) is 3.60. The monoisotopic (exact) mass is 349 g/mol. The molecule has 1 atom stereocenters. The number of nitrogens with zero attached hydrogens (tertiary/aromatic N) is 2. The molecule has 0 aromatic heterocycles. The maximum atomic E-state index is 10.0. The van der Waals surface area contributed by atoms with E-state index in [1.165, 1.54) is 14.2 Å². The first-order valence-electron chi connectivity index (χ1n) is 8.58. The highest BCUT2D eigenvalue weighted by molar-refractivity contribution is 5.80. The summed E-state index contributed by atoms with van der Waals surface area (Å²) in [6.45, 7) is 4.26. The number of benzene rings is 1. The summed E-state index contributed by atoms with van der Waals surface area (Å²) >= 11 is 0. The molecule has 1 unspecified atom stereocenters. The van der Waals surface area contributed by atoms with Gasteiger partial charge in [0.2, 0.25) is 5.75 Å². The number of phenols is 1. The molecule has 2 aliphatic heterocycles. The molecule has 3 rings (SSSR count). The Morgan fingerprint density at radius 2 is 2.04 bits per heavy atom. The molecule has 138 valence electrons. The Morgan fingerprint density at radius 3 is 2.60 bits per heavy atom. The lowest BCUT2D eigenvalue weighted by Gasteiger charge is -2.25. The van der Waals surface area contributed by atoms with Crippen molar-refractivity contribution in [2.24, 2.45) is 10.4 Å². The quantitative estimate of drug-likeness (QED) is 0.635. The number of hydrogen-bond acceptors (Lipinski definition) is 5. The van der Waals surface area contributed by atoms with E-state index in [9.17, 15) is 5.11 Å². The maximum absolute atomic E-state index is 10.0. The van der Waals surface area contributed by atoms with E-state index in [4.69, 9.17) is 14.2 Å². The fourth-order valence-electron chi connectivity index (χ4n) is 3.65. The lowest BCUT2D eigenvalue weighted by molar-refractivity contribution is 0.156. The maximum Gasteiger partial charge on any atom is 0.200 e. The van der Waals surface area contributed by atoms with Crippen molar-refractivity contribution in [3.05, 3.63) is 17.7 Å². The van der Waals surface area contributed by atoms with E-state index in [0.29, 0.717) is 23.5 Å². The fourth-order valence-corrected chi connectivity index (χ4v) is 3.65. The summed E-state index contributed by atoms with van der Waals surface area (Å²) in [7, 11) is 4.85. The largest absolute Gasteiger partial charge is 0.502 e. The molecule has 0 amide bonds. The average molecular weight is 349 g/mol. The lowest BCUT2D eigenvalue weighted by Crippen LogP contribution is -2.41. The molecule has 2 N–H and O–H groups in total. The third-order valence-corrected chi connectivity index (χ3v) is 5.12. The molecule has 0 bridgehead atoms. The number of methoxy groups -OCH3 is 2. The molecular weight excluding hydrogens is 322 g/mol. The van der Waals surface area contributed by atoms with Crippen LogP contribution in [0.25, 0.3) is 0 Å². The number of rotatable bonds is 4. The molecule has 7 nitrogen and oxygen atoms in total. The van der Waals surface area contributed by atoms with Gasteiger partial charge >= 0.3 is 0 Å². The first-order valence-corrected chi connectivity index (χ1v) is 8.58. The van der Waals surface area contributed by atoms with E-state index in [0.717, 1.165) is 50.7 Å². The van der Waals surface area contributed by atoms with Gasteiger partial charge in [-0.05, 0) is 30.5 Å². The highest BCUT2D eigenvalue weighted by Crippen LogP contribution is 2.38. The standard InChI is InChI=1S/C18H27N3O4/c1-19-17(21-6-4-18(11-21)5-7-25-12-18)20-10-13-8-14(23-2)16(22)15(9-13)24-3/h8-9,22H,4-7,10-12H2,1-3H3,(H,19,20). The normalized spacial score (nSPS) is 23.3. The number of nitrogens with one attached hydrogen (secondary N) is 1. The summed E-state index contributed by atoms with van der Waals surface area (Å²) in [5, 5.41) is 13.4. The van der Waals surface area contributed by atoms with Crippen LogP contribution in [0.4, 0.5) is 0 Å². The van der Waals surface area contributed by atoms with Gasteiger partial charge in [-0.1, -0.05) is 0 Å². The van der Waals surface area contributed by atoms with Crippen molar-refractivity contribution in [3.63, 3.8) is 0 Å². The Bertz CT molecular complexity index is 616. The molecule has 2 heterocycles. The van der Waals surface area contributed by atoms with Crippen LogP contribution in [-0.4, -0.2) is 63.5 Å². The first kappa shape index (κ1) is 17.7. The summed E-state index contributed by atoms with van der Waals surface area (Å²) in [5.74, 6) is 1.69. The van der Waals surface area contributed by atoms with Crippen molar-refractivity contribution in [1.82, 2.24) is 10.2 Å². The number of phenolic OH excluding ortho intramolecular Hbond substituents is 1. The van der Waals surface area contributed by atoms with Gasteiger partial charge in [0.1, 0.15) is 0 Å². The zero-order valence-electron chi connectivity index (χ0n) is 15.2. The van der Waals surface area contributed by atoms with Gasteiger partial charge in [-0.3, -0.25) is 4.99 Å². The van der Waals surface area contributed by atoms with Gasteiger partial charge in [-0.15, -0.1) is 0 Å². The van der Waals surface area contributed by atoms with E-state index in [-0.39, 0.29) is 5.75 Å². The van der Waals surface area contributed by atoms with Crippen molar-refractivity contribution in [2.75, 3.05) is 47.6 Å². The van der Waals surface area contributed by atoms with Gasteiger partial charge in [0, 0.05) is 38.7 Å². The molecule has 7 heteroatoms. The van der Waals surface area contributed by atoms with Gasteiger partial charge < -0.3 is 29.5 Å². The minimum Gasteiger partial charge on any atom is -0.502 e. The first-order chi connectivity index (χ1) is 12.1. The molecule has 0 aliphatic carbocycles. The lowest BCUT2D eigenvalue weighted by atomic mass is 9.87. The second-order valence-electron chi connectivity index (χ2n) is 6.72. The number of aliphatic imine (C=N–C) groups is 1. The predicted octanol–water partition coefficient (Wildman–Crippen LogP) is 1.60. The molecule has 2 saturated heterocycles. The van der Waals surface area contributed by atoms with E-state index in [1.54, 1.807) is 19.2 Å². The second-order valence-corrected chi connectivity index (χ2v) is 6.72. The summed E-state index contributed by atoms with van der Waals surface area (Å²) in [6.07, 6.45) is 2.28. The summed E-state index contributed by atoms with van der Waals surface area (Å²) in [4.78, 5) is 6.72. The number of guanidine groups is 1. The number of aromatic hydroxyl groups is 1. The minimum absolute atomic E-state index is 0.0147. The van der Waals surface area contributed by atoms with Crippen molar-refractivity contribution in [1.29, 1.82) is 0 Å². The zero-order valence-corrected chi connectivity index (χ0v) is 15.2. The van der Waals surface area contributed by atoms with E-state index in [1.807, 2.05) is 0 Å². The van der Waals surface area contributed by atoms with E-state index < -0.39 is 0 Å². The average Bonchev–Trinajstić information content (AvgIpc) is 3.27. The highest BCUT2D eigenvalue weighted by Gasteiger charge is 2.42. The van der Waals surface area contributed by atoms with Gasteiger partial charge in [-0.25, -0.2) is 0 Å². The Morgan fingerprint density at radius 1 is 1.32 bits per heavy atom. The molecule has 2 fully saturated rings.